The number of hydrogen-bond donors (Lipinski definition) is 0. The monoisotopic (exact) mass is 224 g/mol. The molecule has 2 heteroatoms. The maximum Gasteiger partial charge on any atom is 0.0415 e. The largest absolute Gasteiger partial charge is 0.0806 e. The van der Waals surface area contributed by atoms with Gasteiger partial charge in [0.1, 0.15) is 0 Å². The number of hydrogen-bond acceptors (Lipinski definition) is 2. The first-order chi connectivity index (χ1) is 6.92. The minimum absolute atomic E-state index is 0.753. The van der Waals surface area contributed by atoms with Gasteiger partial charge in [0, 0.05) is 10.1 Å². The van der Waals surface area contributed by atoms with Crippen LogP contribution >= 0.6 is 21.6 Å². The van der Waals surface area contributed by atoms with Crippen LogP contribution in [0.25, 0.3) is 0 Å². The molecule has 0 nitrogen and oxygen atoms in total. The Bertz CT molecular complexity index is 296. The van der Waals surface area contributed by atoms with Gasteiger partial charge in [-0.15, -0.1) is 0 Å². The van der Waals surface area contributed by atoms with Crippen molar-refractivity contribution >= 4 is 21.6 Å². The van der Waals surface area contributed by atoms with Gasteiger partial charge >= 0.3 is 0 Å². The van der Waals surface area contributed by atoms with Crippen molar-refractivity contribution in [1.82, 2.24) is 0 Å². The molecular formula is C12H16S2. The maximum absolute atomic E-state index is 2.29. The van der Waals surface area contributed by atoms with E-state index in [1.54, 1.807) is 5.56 Å². The van der Waals surface area contributed by atoms with E-state index >= 15 is 0 Å². The number of unbranched alkanes of at least 4 members (excludes halogenated alkanes) is 2. The summed E-state index contributed by atoms with van der Waals surface area (Å²) in [4.78, 5) is 1.49. The van der Waals surface area contributed by atoms with Gasteiger partial charge in [-0.3, -0.25) is 0 Å². The molecule has 1 unspecified atom stereocenters. The summed E-state index contributed by atoms with van der Waals surface area (Å²) >= 11 is 0. The van der Waals surface area contributed by atoms with Crippen molar-refractivity contribution in [1.29, 1.82) is 0 Å². The van der Waals surface area contributed by atoms with Crippen molar-refractivity contribution in [3.63, 3.8) is 0 Å². The highest BCUT2D eigenvalue weighted by atomic mass is 33.1. The minimum atomic E-state index is 0.753. The second-order valence-corrected chi connectivity index (χ2v) is 6.15. The van der Waals surface area contributed by atoms with Crippen molar-refractivity contribution < 1.29 is 0 Å². The molecule has 1 atom stereocenters. The van der Waals surface area contributed by atoms with Gasteiger partial charge < -0.3 is 0 Å². The number of fused-ring (bicyclic) bond motifs is 1. The van der Waals surface area contributed by atoms with E-state index in [2.05, 4.69) is 31.2 Å². The van der Waals surface area contributed by atoms with E-state index in [4.69, 9.17) is 0 Å². The molecule has 0 fully saturated rings. The zero-order valence-electron chi connectivity index (χ0n) is 8.53. The van der Waals surface area contributed by atoms with Gasteiger partial charge in [0.2, 0.25) is 0 Å². The first-order valence-electron chi connectivity index (χ1n) is 5.34. The van der Waals surface area contributed by atoms with Crippen LogP contribution in [0.4, 0.5) is 0 Å². The third kappa shape index (κ3) is 2.29. The molecule has 0 aliphatic carbocycles. The third-order valence-corrected chi connectivity index (χ3v) is 5.48. The summed E-state index contributed by atoms with van der Waals surface area (Å²) in [5.41, 5.74) is 1.57. The van der Waals surface area contributed by atoms with E-state index in [9.17, 15) is 0 Å². The second-order valence-electron chi connectivity index (χ2n) is 3.70. The van der Waals surface area contributed by atoms with Crippen molar-refractivity contribution in [3.8, 4) is 0 Å². The molecule has 0 spiro atoms. The summed E-state index contributed by atoms with van der Waals surface area (Å²) in [6.07, 6.45) is 5.43. The molecule has 0 amide bonds. The van der Waals surface area contributed by atoms with Crippen LogP contribution in [0.5, 0.6) is 0 Å². The van der Waals surface area contributed by atoms with Crippen LogP contribution in [0.2, 0.25) is 0 Å². The summed E-state index contributed by atoms with van der Waals surface area (Å²) in [6.45, 7) is 2.27. The summed E-state index contributed by atoms with van der Waals surface area (Å²) in [7, 11) is 3.99. The fraction of sp³-hybridized carbons (Fsp3) is 0.500. The van der Waals surface area contributed by atoms with Crippen LogP contribution in [0.15, 0.2) is 29.2 Å². The molecule has 2 rings (SSSR count). The average molecular weight is 224 g/mol. The summed E-state index contributed by atoms with van der Waals surface area (Å²) in [5, 5.41) is 0.753. The number of benzene rings is 1. The van der Waals surface area contributed by atoms with Gasteiger partial charge in [-0.1, -0.05) is 66.0 Å². The molecule has 0 bridgehead atoms. The zero-order chi connectivity index (χ0) is 9.80. The van der Waals surface area contributed by atoms with Gasteiger partial charge in [-0.25, -0.2) is 0 Å². The predicted octanol–water partition coefficient (Wildman–Crippen LogP) is 5.06. The smallest absolute Gasteiger partial charge is 0.0415 e. The Morgan fingerprint density at radius 2 is 2.07 bits per heavy atom. The fourth-order valence-corrected chi connectivity index (χ4v) is 4.79. The Hall–Kier alpha value is -0.0800. The molecule has 1 aromatic rings. The standard InChI is InChI=1S/C12H16S2/c1-2-3-4-8-11-10-7-5-6-9-12(10)14-13-11/h5-7,9,11H,2-4,8H2,1H3. The van der Waals surface area contributed by atoms with Crippen molar-refractivity contribution in [2.75, 3.05) is 0 Å². The normalized spacial score (nSPS) is 19.6. The molecule has 1 aromatic carbocycles. The van der Waals surface area contributed by atoms with Crippen molar-refractivity contribution in [2.45, 2.75) is 42.8 Å². The molecule has 0 saturated carbocycles. The van der Waals surface area contributed by atoms with Crippen LogP contribution in [0, 0.1) is 0 Å². The summed E-state index contributed by atoms with van der Waals surface area (Å²) in [5.74, 6) is 0. The van der Waals surface area contributed by atoms with E-state index in [1.165, 1.54) is 30.6 Å². The molecule has 76 valence electrons. The van der Waals surface area contributed by atoms with E-state index < -0.39 is 0 Å². The lowest BCUT2D eigenvalue weighted by Crippen LogP contribution is -1.89. The Morgan fingerprint density at radius 1 is 1.21 bits per heavy atom. The molecule has 1 heterocycles. The van der Waals surface area contributed by atoms with Gasteiger partial charge in [-0.2, -0.15) is 0 Å². The molecular weight excluding hydrogens is 208 g/mol. The lowest BCUT2D eigenvalue weighted by atomic mass is 10.1. The highest BCUT2D eigenvalue weighted by molar-refractivity contribution is 8.77. The summed E-state index contributed by atoms with van der Waals surface area (Å²) in [6, 6.07) is 8.84. The van der Waals surface area contributed by atoms with E-state index in [0.29, 0.717) is 0 Å². The lowest BCUT2D eigenvalue weighted by Gasteiger charge is -2.08. The van der Waals surface area contributed by atoms with Crippen LogP contribution in [0.1, 0.15) is 43.4 Å². The van der Waals surface area contributed by atoms with Crippen molar-refractivity contribution in [3.05, 3.63) is 29.8 Å². The van der Waals surface area contributed by atoms with Crippen LogP contribution in [0.3, 0.4) is 0 Å². The molecule has 1 aliphatic rings. The van der Waals surface area contributed by atoms with Crippen LogP contribution in [-0.4, -0.2) is 0 Å². The molecule has 0 aromatic heterocycles. The Morgan fingerprint density at radius 3 is 2.93 bits per heavy atom. The molecule has 0 N–H and O–H groups in total. The van der Waals surface area contributed by atoms with Crippen LogP contribution in [-0.2, 0) is 0 Å². The van der Waals surface area contributed by atoms with Gasteiger partial charge in [0.15, 0.2) is 0 Å². The lowest BCUT2D eigenvalue weighted by molar-refractivity contribution is 0.658. The summed E-state index contributed by atoms with van der Waals surface area (Å²) < 4.78 is 0. The zero-order valence-corrected chi connectivity index (χ0v) is 10.2. The maximum atomic E-state index is 2.29. The average Bonchev–Trinajstić information content (AvgIpc) is 2.63. The molecule has 1 aliphatic heterocycles. The van der Waals surface area contributed by atoms with Gasteiger partial charge in [0.05, 0.1) is 0 Å². The van der Waals surface area contributed by atoms with E-state index in [-0.39, 0.29) is 0 Å². The second kappa shape index (κ2) is 5.13. The van der Waals surface area contributed by atoms with Gasteiger partial charge in [-0.05, 0) is 18.1 Å². The quantitative estimate of drug-likeness (QED) is 0.518. The Kier molecular flexibility index (Phi) is 3.82. The predicted molar refractivity (Wildman–Crippen MR) is 66.8 cm³/mol. The topological polar surface area (TPSA) is 0 Å². The molecule has 0 radical (unpaired) electrons. The minimum Gasteiger partial charge on any atom is -0.0806 e. The number of rotatable bonds is 4. The van der Waals surface area contributed by atoms with Gasteiger partial charge in [0.25, 0.3) is 0 Å². The van der Waals surface area contributed by atoms with Crippen LogP contribution < -0.4 is 0 Å². The molecule has 0 saturated heterocycles. The Balaban J connectivity index is 1.96. The Labute approximate surface area is 94.3 Å². The first kappa shape index (κ1) is 10.4. The van der Waals surface area contributed by atoms with Crippen molar-refractivity contribution in [2.24, 2.45) is 0 Å². The first-order valence-corrected chi connectivity index (χ1v) is 7.55. The highest BCUT2D eigenvalue weighted by Crippen LogP contribution is 2.54. The fourth-order valence-electron chi connectivity index (χ4n) is 1.77. The SMILES string of the molecule is CCCCCC1SSc2ccccc21. The highest BCUT2D eigenvalue weighted by Gasteiger charge is 2.22. The third-order valence-electron chi connectivity index (χ3n) is 2.59. The van der Waals surface area contributed by atoms with E-state index in [1.807, 2.05) is 21.6 Å². The molecule has 14 heavy (non-hydrogen) atoms. The van der Waals surface area contributed by atoms with E-state index in [0.717, 1.165) is 5.25 Å².